The molecule has 0 amide bonds. The predicted molar refractivity (Wildman–Crippen MR) is 67.5 cm³/mol. The first-order chi connectivity index (χ1) is 8.26. The van der Waals surface area contributed by atoms with Crippen molar-refractivity contribution in [2.24, 2.45) is 0 Å². The lowest BCUT2D eigenvalue weighted by atomic mass is 10.1. The molecule has 1 aromatic carbocycles. The standard InChI is InChI=1S/C12H15NO3S/c1-13-7-9(14)8-5-10-11(6-12(8)17-2)16-4-3-15-10/h5-6,13H,3-4,7H2,1-2H3. The third kappa shape index (κ3) is 2.56. The number of benzene rings is 1. The zero-order valence-corrected chi connectivity index (χ0v) is 10.7. The summed E-state index contributed by atoms with van der Waals surface area (Å²) in [6, 6.07) is 3.65. The SMILES string of the molecule is CNCC(=O)c1cc2c(cc1SC)OCCO2. The number of ether oxygens (including phenoxy) is 2. The van der Waals surface area contributed by atoms with Gasteiger partial charge in [0.2, 0.25) is 0 Å². The molecule has 0 atom stereocenters. The minimum atomic E-state index is 0.0637. The van der Waals surface area contributed by atoms with E-state index in [9.17, 15) is 4.79 Å². The topological polar surface area (TPSA) is 47.6 Å². The van der Waals surface area contributed by atoms with Crippen molar-refractivity contribution in [3.63, 3.8) is 0 Å². The van der Waals surface area contributed by atoms with Crippen LogP contribution in [0, 0.1) is 0 Å². The lowest BCUT2D eigenvalue weighted by Crippen LogP contribution is -2.20. The quantitative estimate of drug-likeness (QED) is 0.652. The van der Waals surface area contributed by atoms with Crippen molar-refractivity contribution in [1.82, 2.24) is 5.32 Å². The third-order valence-corrected chi connectivity index (χ3v) is 3.28. The fourth-order valence-corrected chi connectivity index (χ4v) is 2.33. The minimum Gasteiger partial charge on any atom is -0.486 e. The molecule has 0 fully saturated rings. The van der Waals surface area contributed by atoms with Crippen LogP contribution in [0.25, 0.3) is 0 Å². The van der Waals surface area contributed by atoms with Gasteiger partial charge in [0.05, 0.1) is 6.54 Å². The van der Waals surface area contributed by atoms with Gasteiger partial charge in [-0.05, 0) is 25.4 Å². The summed E-state index contributed by atoms with van der Waals surface area (Å²) in [5.41, 5.74) is 0.691. The highest BCUT2D eigenvalue weighted by molar-refractivity contribution is 7.98. The second-order valence-electron chi connectivity index (χ2n) is 3.65. The Balaban J connectivity index is 2.39. The van der Waals surface area contributed by atoms with Crippen LogP contribution in [-0.2, 0) is 0 Å². The number of rotatable bonds is 4. The minimum absolute atomic E-state index is 0.0637. The van der Waals surface area contributed by atoms with Crippen molar-refractivity contribution in [2.75, 3.05) is 33.1 Å². The molecule has 0 aliphatic carbocycles. The Kier molecular flexibility index (Phi) is 3.91. The van der Waals surface area contributed by atoms with Crippen molar-refractivity contribution in [3.05, 3.63) is 17.7 Å². The molecule has 0 spiro atoms. The summed E-state index contributed by atoms with van der Waals surface area (Å²) in [7, 11) is 1.76. The van der Waals surface area contributed by atoms with Crippen molar-refractivity contribution in [1.29, 1.82) is 0 Å². The zero-order chi connectivity index (χ0) is 12.3. The molecule has 2 rings (SSSR count). The lowest BCUT2D eigenvalue weighted by Gasteiger charge is -2.20. The van der Waals surface area contributed by atoms with Crippen LogP contribution in [0.2, 0.25) is 0 Å². The molecular formula is C12H15NO3S. The van der Waals surface area contributed by atoms with Gasteiger partial charge in [-0.2, -0.15) is 0 Å². The number of hydrogen-bond acceptors (Lipinski definition) is 5. The van der Waals surface area contributed by atoms with Crippen LogP contribution < -0.4 is 14.8 Å². The summed E-state index contributed by atoms with van der Waals surface area (Å²) >= 11 is 1.54. The molecule has 0 unspecified atom stereocenters. The molecule has 4 nitrogen and oxygen atoms in total. The molecule has 0 saturated carbocycles. The highest BCUT2D eigenvalue weighted by Crippen LogP contribution is 2.36. The van der Waals surface area contributed by atoms with Gasteiger partial charge < -0.3 is 14.8 Å². The van der Waals surface area contributed by atoms with Gasteiger partial charge in [-0.25, -0.2) is 0 Å². The Morgan fingerprint density at radius 3 is 2.59 bits per heavy atom. The monoisotopic (exact) mass is 253 g/mol. The number of hydrogen-bond donors (Lipinski definition) is 1. The van der Waals surface area contributed by atoms with E-state index < -0.39 is 0 Å². The van der Waals surface area contributed by atoms with Gasteiger partial charge >= 0.3 is 0 Å². The summed E-state index contributed by atoms with van der Waals surface area (Å²) in [5, 5.41) is 2.87. The zero-order valence-electron chi connectivity index (χ0n) is 9.91. The smallest absolute Gasteiger partial charge is 0.177 e. The van der Waals surface area contributed by atoms with Crippen molar-refractivity contribution >= 4 is 17.5 Å². The van der Waals surface area contributed by atoms with Crippen LogP contribution in [0.1, 0.15) is 10.4 Å². The Morgan fingerprint density at radius 1 is 1.35 bits per heavy atom. The van der Waals surface area contributed by atoms with Crippen LogP contribution >= 0.6 is 11.8 Å². The van der Waals surface area contributed by atoms with E-state index in [4.69, 9.17) is 9.47 Å². The predicted octanol–water partition coefficient (Wildman–Crippen LogP) is 1.58. The molecule has 1 N–H and O–H groups in total. The summed E-state index contributed by atoms with van der Waals surface area (Å²) in [6.07, 6.45) is 1.95. The summed E-state index contributed by atoms with van der Waals surface area (Å²) in [5.74, 6) is 1.45. The van der Waals surface area contributed by atoms with Gasteiger partial charge in [-0.3, -0.25) is 4.79 Å². The Bertz CT molecular complexity index is 434. The average Bonchev–Trinajstić information content (AvgIpc) is 2.37. The van der Waals surface area contributed by atoms with Gasteiger partial charge in [0, 0.05) is 10.5 Å². The fraction of sp³-hybridized carbons (Fsp3) is 0.417. The van der Waals surface area contributed by atoms with Crippen LogP contribution in [0.3, 0.4) is 0 Å². The Hall–Kier alpha value is -1.20. The molecule has 1 aliphatic heterocycles. The maximum atomic E-state index is 11.9. The van der Waals surface area contributed by atoms with E-state index in [2.05, 4.69) is 5.32 Å². The van der Waals surface area contributed by atoms with Gasteiger partial charge in [0.1, 0.15) is 13.2 Å². The van der Waals surface area contributed by atoms with Crippen LogP contribution in [0.5, 0.6) is 11.5 Å². The van der Waals surface area contributed by atoms with Gasteiger partial charge in [0.25, 0.3) is 0 Å². The molecule has 92 valence electrons. The van der Waals surface area contributed by atoms with E-state index in [-0.39, 0.29) is 5.78 Å². The number of ketones is 1. The van der Waals surface area contributed by atoms with Gasteiger partial charge in [0.15, 0.2) is 17.3 Å². The van der Waals surface area contributed by atoms with Crippen molar-refractivity contribution in [3.8, 4) is 11.5 Å². The fourth-order valence-electron chi connectivity index (χ4n) is 1.71. The second-order valence-corrected chi connectivity index (χ2v) is 4.50. The van der Waals surface area contributed by atoms with E-state index in [0.29, 0.717) is 31.1 Å². The molecule has 0 saturated heterocycles. The molecule has 1 aromatic rings. The molecule has 0 aromatic heterocycles. The molecule has 0 radical (unpaired) electrons. The average molecular weight is 253 g/mol. The van der Waals surface area contributed by atoms with E-state index in [1.165, 1.54) is 11.8 Å². The van der Waals surface area contributed by atoms with E-state index in [0.717, 1.165) is 10.6 Å². The number of likely N-dealkylation sites (N-methyl/N-ethyl adjacent to an activating group) is 1. The molecule has 5 heteroatoms. The maximum Gasteiger partial charge on any atom is 0.177 e. The summed E-state index contributed by atoms with van der Waals surface area (Å²) in [6.45, 7) is 1.42. The number of Topliss-reactive ketones (excluding diaryl/α,β-unsaturated/α-hetero) is 1. The number of thioether (sulfide) groups is 1. The highest BCUT2D eigenvalue weighted by Gasteiger charge is 2.18. The molecule has 0 bridgehead atoms. The first kappa shape index (κ1) is 12.3. The van der Waals surface area contributed by atoms with Gasteiger partial charge in [-0.15, -0.1) is 11.8 Å². The Morgan fingerprint density at radius 2 is 2.00 bits per heavy atom. The van der Waals surface area contributed by atoms with E-state index in [1.54, 1.807) is 13.1 Å². The van der Waals surface area contributed by atoms with Gasteiger partial charge in [-0.1, -0.05) is 0 Å². The summed E-state index contributed by atoms with van der Waals surface area (Å²) < 4.78 is 11.0. The number of nitrogens with one attached hydrogen (secondary N) is 1. The largest absolute Gasteiger partial charge is 0.486 e. The molecule has 1 aliphatic rings. The molecule has 1 heterocycles. The lowest BCUT2D eigenvalue weighted by molar-refractivity contribution is 0.0989. The number of carbonyl (C=O) groups is 1. The normalized spacial score (nSPS) is 13.5. The Labute approximate surface area is 105 Å². The van der Waals surface area contributed by atoms with E-state index >= 15 is 0 Å². The third-order valence-electron chi connectivity index (χ3n) is 2.50. The van der Waals surface area contributed by atoms with Crippen LogP contribution in [-0.4, -0.2) is 38.8 Å². The van der Waals surface area contributed by atoms with Crippen molar-refractivity contribution in [2.45, 2.75) is 4.90 Å². The first-order valence-electron chi connectivity index (χ1n) is 5.41. The van der Waals surface area contributed by atoms with E-state index in [1.807, 2.05) is 12.3 Å². The molecular weight excluding hydrogens is 238 g/mol. The summed E-state index contributed by atoms with van der Waals surface area (Å²) in [4.78, 5) is 12.9. The highest BCUT2D eigenvalue weighted by atomic mass is 32.2. The van der Waals surface area contributed by atoms with Crippen LogP contribution in [0.4, 0.5) is 0 Å². The second kappa shape index (κ2) is 5.42. The maximum absolute atomic E-state index is 11.9. The number of carbonyl (C=O) groups excluding carboxylic acids is 1. The first-order valence-corrected chi connectivity index (χ1v) is 6.64. The number of fused-ring (bicyclic) bond motifs is 1. The molecule has 17 heavy (non-hydrogen) atoms. The van der Waals surface area contributed by atoms with Crippen LogP contribution in [0.15, 0.2) is 17.0 Å². The van der Waals surface area contributed by atoms with Crippen molar-refractivity contribution < 1.29 is 14.3 Å².